The van der Waals surface area contributed by atoms with Crippen molar-refractivity contribution >= 4 is 23.9 Å². The van der Waals surface area contributed by atoms with E-state index in [-0.39, 0.29) is 18.8 Å². The SMILES string of the molecule is C=C1C2=CC[C@@H](c3ccoc3)[C@]2(C)[C@@H](OC(C)=O)C[C@@H]1[C@@]1(C)[C@@H](OC(C)=O)CC(=O)OC(C)(C)[C@@H]1CC(=O)OC. The van der Waals surface area contributed by atoms with Crippen LogP contribution in [-0.2, 0) is 38.1 Å². The smallest absolute Gasteiger partial charge is 0.310 e. The molecular formula is C31H40O9. The molecule has 0 radical (unpaired) electrons. The molecule has 4 rings (SSSR count). The molecule has 0 N–H and O–H groups in total. The molecule has 0 bridgehead atoms. The second-order valence-corrected chi connectivity index (χ2v) is 12.2. The summed E-state index contributed by atoms with van der Waals surface area (Å²) in [7, 11) is 1.31. The summed E-state index contributed by atoms with van der Waals surface area (Å²) >= 11 is 0. The van der Waals surface area contributed by atoms with Gasteiger partial charge in [0.15, 0.2) is 0 Å². The number of hydrogen-bond acceptors (Lipinski definition) is 9. The number of rotatable bonds is 6. The molecule has 40 heavy (non-hydrogen) atoms. The predicted octanol–water partition coefficient (Wildman–Crippen LogP) is 5.05. The number of methoxy groups -OCH3 is 1. The maximum atomic E-state index is 13.0. The van der Waals surface area contributed by atoms with Crippen LogP contribution in [0.25, 0.3) is 0 Å². The largest absolute Gasteiger partial charge is 0.472 e. The van der Waals surface area contributed by atoms with Crippen LogP contribution in [0.15, 0.2) is 46.8 Å². The van der Waals surface area contributed by atoms with Crippen LogP contribution < -0.4 is 0 Å². The van der Waals surface area contributed by atoms with Gasteiger partial charge in [0.1, 0.15) is 17.8 Å². The first-order chi connectivity index (χ1) is 18.7. The van der Waals surface area contributed by atoms with Gasteiger partial charge in [-0.15, -0.1) is 0 Å². The minimum atomic E-state index is -1.11. The van der Waals surface area contributed by atoms with E-state index in [0.29, 0.717) is 12.8 Å². The molecule has 0 unspecified atom stereocenters. The number of esters is 4. The van der Waals surface area contributed by atoms with Gasteiger partial charge >= 0.3 is 23.9 Å². The number of furan rings is 1. The lowest BCUT2D eigenvalue weighted by Gasteiger charge is -2.56. The molecule has 2 heterocycles. The van der Waals surface area contributed by atoms with Crippen LogP contribution in [0, 0.1) is 22.7 Å². The highest BCUT2D eigenvalue weighted by Crippen LogP contribution is 2.65. The van der Waals surface area contributed by atoms with Gasteiger partial charge in [-0.1, -0.05) is 26.5 Å². The second-order valence-electron chi connectivity index (χ2n) is 12.2. The van der Waals surface area contributed by atoms with Crippen molar-refractivity contribution in [2.45, 2.75) is 91.0 Å². The summed E-state index contributed by atoms with van der Waals surface area (Å²) in [5, 5.41) is 0. The molecule has 0 amide bonds. The van der Waals surface area contributed by atoms with E-state index in [2.05, 4.69) is 19.6 Å². The first kappa shape index (κ1) is 29.6. The van der Waals surface area contributed by atoms with Crippen LogP contribution in [0.3, 0.4) is 0 Å². The molecule has 2 aliphatic carbocycles. The topological polar surface area (TPSA) is 118 Å². The van der Waals surface area contributed by atoms with Crippen molar-refractivity contribution in [3.8, 4) is 0 Å². The van der Waals surface area contributed by atoms with E-state index in [4.69, 9.17) is 23.4 Å². The highest BCUT2D eigenvalue weighted by Gasteiger charge is 2.64. The van der Waals surface area contributed by atoms with E-state index >= 15 is 0 Å². The molecule has 9 heteroatoms. The predicted molar refractivity (Wildman–Crippen MR) is 144 cm³/mol. The number of hydrogen-bond donors (Lipinski definition) is 0. The summed E-state index contributed by atoms with van der Waals surface area (Å²) in [6.45, 7) is 14.8. The Labute approximate surface area is 235 Å². The lowest BCUT2D eigenvalue weighted by Crippen LogP contribution is -2.57. The normalized spacial score (nSPS) is 35.1. The van der Waals surface area contributed by atoms with Crippen molar-refractivity contribution in [1.82, 2.24) is 0 Å². The van der Waals surface area contributed by atoms with Crippen molar-refractivity contribution in [1.29, 1.82) is 0 Å². The van der Waals surface area contributed by atoms with E-state index in [9.17, 15) is 19.2 Å². The van der Waals surface area contributed by atoms with Crippen molar-refractivity contribution in [2.75, 3.05) is 7.11 Å². The molecule has 0 aromatic carbocycles. The van der Waals surface area contributed by atoms with Gasteiger partial charge in [-0.2, -0.15) is 0 Å². The Balaban J connectivity index is 1.90. The van der Waals surface area contributed by atoms with Crippen molar-refractivity contribution < 1.29 is 42.5 Å². The first-order valence-electron chi connectivity index (χ1n) is 13.7. The van der Waals surface area contributed by atoms with Gasteiger partial charge in [-0.3, -0.25) is 19.2 Å². The molecule has 2 fully saturated rings. The van der Waals surface area contributed by atoms with Crippen LogP contribution in [0.2, 0.25) is 0 Å². The van der Waals surface area contributed by atoms with Crippen LogP contribution >= 0.6 is 0 Å². The minimum Gasteiger partial charge on any atom is -0.472 e. The Morgan fingerprint density at radius 1 is 1.05 bits per heavy atom. The standard InChI is InChI=1S/C31H40O9/c1-17-21-9-10-22(20-11-12-37-16-20)30(21,6)25(38-18(2)32)13-23(17)31(7)24(14-27(34)36-8)29(4,5)40-28(35)15-26(31)39-19(3)33/h9,11-12,16,22-26H,1,10,13-15H2,2-8H3/t22-,23-,24-,25-,26-,30+,31+/m0/s1. The van der Waals surface area contributed by atoms with Crippen molar-refractivity contribution in [3.05, 3.63) is 48.0 Å². The van der Waals surface area contributed by atoms with Crippen LogP contribution in [0.1, 0.15) is 78.7 Å². The summed E-state index contributed by atoms with van der Waals surface area (Å²) in [5.74, 6) is -3.05. The maximum absolute atomic E-state index is 13.0. The zero-order valence-corrected chi connectivity index (χ0v) is 24.4. The number of carbonyl (C=O) groups is 4. The molecule has 1 aromatic rings. The van der Waals surface area contributed by atoms with Gasteiger partial charge in [0.2, 0.25) is 0 Å². The number of fused-ring (bicyclic) bond motifs is 1. The number of carbonyl (C=O) groups excluding carboxylic acids is 4. The molecule has 1 aromatic heterocycles. The fraction of sp³-hybridized carbons (Fsp3) is 0.613. The number of ether oxygens (including phenoxy) is 4. The Hall–Kier alpha value is -3.36. The molecule has 1 saturated carbocycles. The summed E-state index contributed by atoms with van der Waals surface area (Å²) in [6, 6.07) is 1.92. The Kier molecular flexibility index (Phi) is 7.82. The van der Waals surface area contributed by atoms with E-state index in [1.54, 1.807) is 26.4 Å². The fourth-order valence-electron chi connectivity index (χ4n) is 7.81. The summed E-state index contributed by atoms with van der Waals surface area (Å²) in [4.78, 5) is 50.6. The summed E-state index contributed by atoms with van der Waals surface area (Å²) < 4.78 is 28.2. The second kappa shape index (κ2) is 10.6. The molecule has 1 saturated heterocycles. The van der Waals surface area contributed by atoms with Gasteiger partial charge in [0.25, 0.3) is 0 Å². The Bertz CT molecular complexity index is 1230. The van der Waals surface area contributed by atoms with Gasteiger partial charge in [-0.25, -0.2) is 0 Å². The highest BCUT2D eigenvalue weighted by atomic mass is 16.6. The monoisotopic (exact) mass is 556 g/mol. The molecule has 218 valence electrons. The third-order valence-electron chi connectivity index (χ3n) is 9.67. The Morgan fingerprint density at radius 3 is 2.27 bits per heavy atom. The summed E-state index contributed by atoms with van der Waals surface area (Å²) in [6.07, 6.45) is 4.75. The average molecular weight is 557 g/mol. The van der Waals surface area contributed by atoms with E-state index < -0.39 is 64.4 Å². The van der Waals surface area contributed by atoms with Crippen molar-refractivity contribution in [3.63, 3.8) is 0 Å². The third-order valence-corrected chi connectivity index (χ3v) is 9.67. The van der Waals surface area contributed by atoms with Crippen molar-refractivity contribution in [2.24, 2.45) is 22.7 Å². The highest BCUT2D eigenvalue weighted by molar-refractivity contribution is 5.74. The zero-order chi connectivity index (χ0) is 29.6. The number of allylic oxidation sites excluding steroid dienone is 2. The van der Waals surface area contributed by atoms with Crippen LogP contribution in [0.5, 0.6) is 0 Å². The van der Waals surface area contributed by atoms with Gasteiger partial charge in [0.05, 0.1) is 32.5 Å². The van der Waals surface area contributed by atoms with E-state index in [1.807, 2.05) is 13.0 Å². The molecule has 3 aliphatic rings. The van der Waals surface area contributed by atoms with E-state index in [1.165, 1.54) is 21.0 Å². The Morgan fingerprint density at radius 2 is 1.70 bits per heavy atom. The zero-order valence-electron chi connectivity index (χ0n) is 24.4. The first-order valence-corrected chi connectivity index (χ1v) is 13.7. The van der Waals surface area contributed by atoms with Gasteiger partial charge in [-0.05, 0) is 55.4 Å². The molecule has 1 aliphatic heterocycles. The lowest BCUT2D eigenvalue weighted by atomic mass is 9.50. The average Bonchev–Trinajstić information content (AvgIpc) is 3.49. The van der Waals surface area contributed by atoms with E-state index in [0.717, 1.165) is 16.7 Å². The minimum absolute atomic E-state index is 0.0123. The molecule has 0 spiro atoms. The van der Waals surface area contributed by atoms with Gasteiger partial charge in [0, 0.05) is 36.5 Å². The number of cyclic esters (lactones) is 1. The molecule has 7 atom stereocenters. The summed E-state index contributed by atoms with van der Waals surface area (Å²) in [5.41, 5.74) is 0.0175. The maximum Gasteiger partial charge on any atom is 0.310 e. The quantitative estimate of drug-likeness (QED) is 0.350. The lowest BCUT2D eigenvalue weighted by molar-refractivity contribution is -0.176. The third kappa shape index (κ3) is 4.88. The van der Waals surface area contributed by atoms with Crippen LogP contribution in [0.4, 0.5) is 0 Å². The molecule has 9 nitrogen and oxygen atoms in total. The molecular weight excluding hydrogens is 516 g/mol. The van der Waals surface area contributed by atoms with Gasteiger partial charge < -0.3 is 23.4 Å². The fourth-order valence-corrected chi connectivity index (χ4v) is 7.81. The van der Waals surface area contributed by atoms with Crippen LogP contribution in [-0.4, -0.2) is 48.8 Å².